The average Bonchev–Trinajstić information content (AvgIpc) is 2.63. The Labute approximate surface area is 96.0 Å². The zero-order valence-corrected chi connectivity index (χ0v) is 9.47. The van der Waals surface area contributed by atoms with Crippen LogP contribution in [0.25, 0.3) is 0 Å². The smallest absolute Gasteiger partial charge is 0.214 e. The van der Waals surface area contributed by atoms with Crippen molar-refractivity contribution in [1.29, 1.82) is 0 Å². The Morgan fingerprint density at radius 2 is 2.20 bits per heavy atom. The lowest BCUT2D eigenvalue weighted by Crippen LogP contribution is -2.03. The second-order valence-electron chi connectivity index (χ2n) is 3.04. The molecule has 0 aliphatic rings. The predicted molar refractivity (Wildman–Crippen MR) is 59.5 cm³/mol. The predicted octanol–water partition coefficient (Wildman–Crippen LogP) is 2.73. The first kappa shape index (κ1) is 10.3. The van der Waals surface area contributed by atoms with Crippen molar-refractivity contribution in [3.8, 4) is 0 Å². The van der Waals surface area contributed by atoms with Gasteiger partial charge < -0.3 is 0 Å². The van der Waals surface area contributed by atoms with Crippen LogP contribution in [0.15, 0.2) is 24.3 Å². The molecule has 5 heteroatoms. The van der Waals surface area contributed by atoms with Crippen LogP contribution in [0.2, 0.25) is 5.02 Å². The first-order valence-electron chi connectivity index (χ1n) is 4.28. The molecule has 0 saturated carbocycles. The quantitative estimate of drug-likeness (QED) is 0.756. The van der Waals surface area contributed by atoms with Crippen LogP contribution in [0.3, 0.4) is 0 Å². The van der Waals surface area contributed by atoms with E-state index in [1.54, 1.807) is 31.2 Å². The number of hydrogen-bond donors (Lipinski definition) is 0. The fourth-order valence-corrected chi connectivity index (χ4v) is 1.94. The van der Waals surface area contributed by atoms with E-state index in [0.29, 0.717) is 22.0 Å². The molecule has 0 bridgehead atoms. The number of rotatable bonds is 2. The number of nitrogens with zero attached hydrogens (tertiary/aromatic N) is 2. The molecular formula is C10H7ClN2OS. The summed E-state index contributed by atoms with van der Waals surface area (Å²) in [6.45, 7) is 1.77. The fraction of sp³-hybridized carbons (Fsp3) is 0.100. The van der Waals surface area contributed by atoms with Gasteiger partial charge >= 0.3 is 0 Å². The standard InChI is InChI=1S/C10H7ClN2OS/c1-6-9(13-15-12-6)10(14)7-3-2-4-8(11)5-7/h2-5H,1H3. The third-order valence-corrected chi connectivity index (χ3v) is 2.81. The van der Waals surface area contributed by atoms with Crippen molar-refractivity contribution < 1.29 is 4.79 Å². The molecule has 0 aliphatic heterocycles. The van der Waals surface area contributed by atoms with Gasteiger partial charge in [-0.25, -0.2) is 0 Å². The lowest BCUT2D eigenvalue weighted by molar-refractivity contribution is 0.103. The molecule has 1 aromatic carbocycles. The summed E-state index contributed by atoms with van der Waals surface area (Å²) in [5.41, 5.74) is 1.60. The third-order valence-electron chi connectivity index (χ3n) is 1.95. The van der Waals surface area contributed by atoms with Crippen molar-refractivity contribution in [2.45, 2.75) is 6.92 Å². The molecule has 2 rings (SSSR count). The van der Waals surface area contributed by atoms with E-state index in [1.807, 2.05) is 0 Å². The topological polar surface area (TPSA) is 42.9 Å². The van der Waals surface area contributed by atoms with E-state index >= 15 is 0 Å². The van der Waals surface area contributed by atoms with Crippen LogP contribution < -0.4 is 0 Å². The van der Waals surface area contributed by atoms with E-state index in [9.17, 15) is 4.79 Å². The maximum absolute atomic E-state index is 11.9. The molecule has 0 fully saturated rings. The Morgan fingerprint density at radius 1 is 1.40 bits per heavy atom. The molecule has 15 heavy (non-hydrogen) atoms. The number of benzene rings is 1. The zero-order chi connectivity index (χ0) is 10.8. The van der Waals surface area contributed by atoms with Gasteiger partial charge in [0, 0.05) is 10.6 Å². The number of ketones is 1. The molecule has 3 nitrogen and oxygen atoms in total. The van der Waals surface area contributed by atoms with Gasteiger partial charge in [-0.1, -0.05) is 23.7 Å². The van der Waals surface area contributed by atoms with Crippen molar-refractivity contribution in [2.24, 2.45) is 0 Å². The second kappa shape index (κ2) is 4.08. The summed E-state index contributed by atoms with van der Waals surface area (Å²) in [6.07, 6.45) is 0. The number of carbonyl (C=O) groups is 1. The van der Waals surface area contributed by atoms with E-state index in [2.05, 4.69) is 8.75 Å². The molecule has 0 N–H and O–H groups in total. The van der Waals surface area contributed by atoms with E-state index in [1.165, 1.54) is 0 Å². The lowest BCUT2D eigenvalue weighted by atomic mass is 10.1. The Balaban J connectivity index is 2.41. The van der Waals surface area contributed by atoms with Crippen LogP contribution >= 0.6 is 23.3 Å². The lowest BCUT2D eigenvalue weighted by Gasteiger charge is -1.98. The highest BCUT2D eigenvalue weighted by molar-refractivity contribution is 6.99. The Bertz CT molecular complexity index is 510. The monoisotopic (exact) mass is 238 g/mol. The second-order valence-corrected chi connectivity index (χ2v) is 4.00. The SMILES string of the molecule is Cc1nsnc1C(=O)c1cccc(Cl)c1. The van der Waals surface area contributed by atoms with E-state index < -0.39 is 0 Å². The minimum Gasteiger partial charge on any atom is -0.287 e. The third kappa shape index (κ3) is 2.06. The van der Waals surface area contributed by atoms with Gasteiger partial charge in [-0.3, -0.25) is 4.79 Å². The highest BCUT2D eigenvalue weighted by Gasteiger charge is 2.15. The highest BCUT2D eigenvalue weighted by Crippen LogP contribution is 2.15. The highest BCUT2D eigenvalue weighted by atomic mass is 35.5. The van der Waals surface area contributed by atoms with Crippen LogP contribution in [0.5, 0.6) is 0 Å². The van der Waals surface area contributed by atoms with Crippen LogP contribution in [0.4, 0.5) is 0 Å². The number of carbonyl (C=O) groups excluding carboxylic acids is 1. The summed E-state index contributed by atoms with van der Waals surface area (Å²) in [7, 11) is 0. The maximum atomic E-state index is 11.9. The van der Waals surface area contributed by atoms with Gasteiger partial charge in [0.2, 0.25) is 5.78 Å². The Morgan fingerprint density at radius 3 is 2.80 bits per heavy atom. The zero-order valence-electron chi connectivity index (χ0n) is 7.90. The van der Waals surface area contributed by atoms with Gasteiger partial charge in [-0.05, 0) is 19.1 Å². The van der Waals surface area contributed by atoms with Crippen molar-refractivity contribution in [3.05, 3.63) is 46.2 Å². The Kier molecular flexibility index (Phi) is 2.79. The van der Waals surface area contributed by atoms with Gasteiger partial charge in [0.1, 0.15) is 5.69 Å². The molecule has 0 unspecified atom stereocenters. The number of aryl methyl sites for hydroxylation is 1. The molecule has 0 aliphatic carbocycles. The van der Waals surface area contributed by atoms with E-state index in [-0.39, 0.29) is 5.78 Å². The van der Waals surface area contributed by atoms with Crippen molar-refractivity contribution in [2.75, 3.05) is 0 Å². The maximum Gasteiger partial charge on any atom is 0.214 e. The van der Waals surface area contributed by atoms with Crippen LogP contribution in [0.1, 0.15) is 21.7 Å². The molecule has 0 amide bonds. The summed E-state index contributed by atoms with van der Waals surface area (Å²) in [6, 6.07) is 6.81. The average molecular weight is 239 g/mol. The van der Waals surface area contributed by atoms with Gasteiger partial charge in [-0.2, -0.15) is 8.75 Å². The van der Waals surface area contributed by atoms with E-state index in [0.717, 1.165) is 11.7 Å². The molecule has 2 aromatic rings. The van der Waals surface area contributed by atoms with Crippen molar-refractivity contribution >= 4 is 29.1 Å². The molecule has 1 heterocycles. The first-order valence-corrected chi connectivity index (χ1v) is 5.39. The summed E-state index contributed by atoms with van der Waals surface area (Å²) in [4.78, 5) is 11.9. The first-order chi connectivity index (χ1) is 7.18. The molecule has 0 saturated heterocycles. The minimum absolute atomic E-state index is 0.135. The van der Waals surface area contributed by atoms with Crippen LogP contribution in [-0.4, -0.2) is 14.5 Å². The number of halogens is 1. The van der Waals surface area contributed by atoms with Gasteiger partial charge in [0.25, 0.3) is 0 Å². The summed E-state index contributed by atoms with van der Waals surface area (Å²) < 4.78 is 7.92. The summed E-state index contributed by atoms with van der Waals surface area (Å²) in [5.74, 6) is -0.135. The molecule has 0 radical (unpaired) electrons. The molecule has 1 aromatic heterocycles. The molecule has 0 spiro atoms. The van der Waals surface area contributed by atoms with Crippen LogP contribution in [0, 0.1) is 6.92 Å². The van der Waals surface area contributed by atoms with Gasteiger partial charge in [0.15, 0.2) is 0 Å². The largest absolute Gasteiger partial charge is 0.287 e. The van der Waals surface area contributed by atoms with Crippen molar-refractivity contribution in [3.63, 3.8) is 0 Å². The molecule has 0 atom stereocenters. The summed E-state index contributed by atoms with van der Waals surface area (Å²) in [5, 5.41) is 0.543. The number of aromatic nitrogens is 2. The van der Waals surface area contributed by atoms with Crippen LogP contribution in [-0.2, 0) is 0 Å². The fourth-order valence-electron chi connectivity index (χ4n) is 1.20. The van der Waals surface area contributed by atoms with Crippen molar-refractivity contribution in [1.82, 2.24) is 8.75 Å². The summed E-state index contributed by atoms with van der Waals surface area (Å²) >= 11 is 6.84. The molecular weight excluding hydrogens is 232 g/mol. The van der Waals surface area contributed by atoms with Gasteiger partial charge in [0.05, 0.1) is 17.4 Å². The number of hydrogen-bond acceptors (Lipinski definition) is 4. The normalized spacial score (nSPS) is 10.3. The van der Waals surface area contributed by atoms with Gasteiger partial charge in [-0.15, -0.1) is 0 Å². The van der Waals surface area contributed by atoms with E-state index in [4.69, 9.17) is 11.6 Å². The Hall–Kier alpha value is -1.26. The minimum atomic E-state index is -0.135. The molecule has 76 valence electrons.